The predicted molar refractivity (Wildman–Crippen MR) is 20.3 cm³/mol. The Morgan fingerprint density at radius 1 is 1.80 bits per heavy atom. The smallest absolute Gasteiger partial charge is 0.359 e. The van der Waals surface area contributed by atoms with Gasteiger partial charge >= 0.3 is 10.5 Å². The Balaban J connectivity index is 2.81. The molecule has 25 valence electrons. The summed E-state index contributed by atoms with van der Waals surface area (Å²) in [6, 6.07) is 0. The van der Waals surface area contributed by atoms with Crippen molar-refractivity contribution in [1.29, 1.82) is 0 Å². The molecule has 1 nitrogen and oxygen atoms in total. The minimum absolute atomic E-state index is 1.69. The Morgan fingerprint density at radius 3 is 2.40 bits per heavy atom. The van der Waals surface area contributed by atoms with E-state index in [1.165, 1.54) is 0 Å². The van der Waals surface area contributed by atoms with Gasteiger partial charge in [-0.1, -0.05) is 5.92 Å². The van der Waals surface area contributed by atoms with Crippen LogP contribution in [0.4, 0.5) is 0 Å². The lowest BCUT2D eigenvalue weighted by Gasteiger charge is -1.68. The molecule has 0 aliphatic rings. The van der Waals surface area contributed by atoms with Crippen molar-refractivity contribution in [2.75, 3.05) is 0 Å². The molecule has 0 atom stereocenters. The van der Waals surface area contributed by atoms with Gasteiger partial charge in [-0.15, -0.1) is 0 Å². The maximum absolute atomic E-state index is 4.14. The van der Waals surface area contributed by atoms with Crippen LogP contribution in [0.2, 0.25) is 0 Å². The van der Waals surface area contributed by atoms with Crippen LogP contribution in [0, 0.1) is 12.0 Å². The normalized spacial score (nSPS) is 4.40. The first-order valence-electron chi connectivity index (χ1n) is 1.16. The Morgan fingerprint density at radius 2 is 2.40 bits per heavy atom. The molecule has 0 unspecified atom stereocenters. The molecule has 0 aromatic rings. The lowest BCUT2D eigenvalue weighted by Crippen LogP contribution is -1.63. The highest BCUT2D eigenvalue weighted by Gasteiger charge is 1.46. The van der Waals surface area contributed by atoms with Crippen LogP contribution >= 0.6 is 0 Å². The molecule has 0 aromatic carbocycles. The zero-order chi connectivity index (χ0) is 4.12. The average molecular weight is 83.1 g/mol. The van der Waals surface area contributed by atoms with Crippen LogP contribution < -0.4 is 0 Å². The van der Waals surface area contributed by atoms with Crippen molar-refractivity contribution in [1.82, 2.24) is 0 Å². The summed E-state index contributed by atoms with van der Waals surface area (Å²) in [6.45, 7) is 1.69. The van der Waals surface area contributed by atoms with E-state index < -0.39 is 0 Å². The highest BCUT2D eigenvalue weighted by atomic mass is 28.2. The monoisotopic (exact) mass is 83.0 g/mol. The van der Waals surface area contributed by atoms with Gasteiger partial charge in [-0.2, -0.15) is 0 Å². The van der Waals surface area contributed by atoms with Gasteiger partial charge in [-0.3, -0.25) is 0 Å². The van der Waals surface area contributed by atoms with Crippen LogP contribution in [0.15, 0.2) is 0 Å². The molecule has 0 bridgehead atoms. The predicted octanol–water partition coefficient (Wildman–Crippen LogP) is 0.0673. The first-order chi connectivity index (χ1) is 2.41. The van der Waals surface area contributed by atoms with Gasteiger partial charge in [-0.05, 0) is 0 Å². The van der Waals surface area contributed by atoms with Crippen LogP contribution in [0.25, 0.3) is 0 Å². The summed E-state index contributed by atoms with van der Waals surface area (Å²) in [5.74, 6) is 2.50. The van der Waals surface area contributed by atoms with Crippen LogP contribution in [0.3, 0.4) is 0 Å². The minimum Gasteiger partial charge on any atom is -0.500 e. The van der Waals surface area contributed by atoms with Crippen LogP contribution in [-0.2, 0) is 4.43 Å². The molecule has 0 spiro atoms. The Kier molecular flexibility index (Phi) is 3.27. The molecule has 0 fully saturated rings. The first-order valence-corrected chi connectivity index (χ1v) is 1.57. The molecule has 0 aliphatic heterocycles. The fourth-order valence-electron chi connectivity index (χ4n) is 0.0510. The van der Waals surface area contributed by atoms with Crippen molar-refractivity contribution in [3.8, 4) is 12.0 Å². The second kappa shape index (κ2) is 3.58. The van der Waals surface area contributed by atoms with Crippen LogP contribution in [-0.4, -0.2) is 10.5 Å². The Labute approximate surface area is 34.9 Å². The van der Waals surface area contributed by atoms with Gasteiger partial charge in [0.25, 0.3) is 0 Å². The number of rotatable bonds is 0. The Hall–Kier alpha value is -0.423. The lowest BCUT2D eigenvalue weighted by atomic mass is 10.8. The summed E-state index contributed by atoms with van der Waals surface area (Å²) in [7, 11) is 2.68. The third-order valence-corrected chi connectivity index (χ3v) is 0.255. The molecule has 0 aliphatic carbocycles. The standard InChI is InChI=1S/C3H3OSi/c1-2-3-4-5/h1H3. The molecule has 3 radical (unpaired) electrons. The van der Waals surface area contributed by atoms with Gasteiger partial charge in [0.2, 0.25) is 0 Å². The molecular weight excluding hydrogens is 80.1 g/mol. The van der Waals surface area contributed by atoms with Gasteiger partial charge in [0.15, 0.2) is 0 Å². The van der Waals surface area contributed by atoms with E-state index in [0.29, 0.717) is 0 Å². The fourth-order valence-corrected chi connectivity index (χ4v) is 0.153. The summed E-state index contributed by atoms with van der Waals surface area (Å²) >= 11 is 0. The molecule has 0 N–H and O–H groups in total. The van der Waals surface area contributed by atoms with E-state index in [4.69, 9.17) is 0 Å². The summed E-state index contributed by atoms with van der Waals surface area (Å²) < 4.78 is 4.14. The maximum atomic E-state index is 4.14. The zero-order valence-corrected chi connectivity index (χ0v) is 3.91. The third kappa shape index (κ3) is 3.58. The van der Waals surface area contributed by atoms with Crippen LogP contribution in [0.5, 0.6) is 0 Å². The van der Waals surface area contributed by atoms with Gasteiger partial charge in [0, 0.05) is 6.92 Å². The van der Waals surface area contributed by atoms with Gasteiger partial charge < -0.3 is 4.43 Å². The zero-order valence-electron chi connectivity index (χ0n) is 2.91. The minimum atomic E-state index is 1.69. The summed E-state index contributed by atoms with van der Waals surface area (Å²) in [6.07, 6.45) is 2.27. The van der Waals surface area contributed by atoms with E-state index in [1.54, 1.807) is 6.92 Å². The quantitative estimate of drug-likeness (QED) is 0.297. The summed E-state index contributed by atoms with van der Waals surface area (Å²) in [5.41, 5.74) is 0. The topological polar surface area (TPSA) is 9.23 Å². The van der Waals surface area contributed by atoms with Crippen molar-refractivity contribution in [3.05, 3.63) is 0 Å². The molecule has 0 saturated heterocycles. The van der Waals surface area contributed by atoms with E-state index >= 15 is 0 Å². The van der Waals surface area contributed by atoms with Gasteiger partial charge in [0.05, 0.1) is 6.11 Å². The Bertz CT molecular complexity index is 59.0. The molecule has 0 aromatic heterocycles. The molecule has 0 heterocycles. The highest BCUT2D eigenvalue weighted by molar-refractivity contribution is 5.98. The number of hydrogen-bond donors (Lipinski definition) is 0. The van der Waals surface area contributed by atoms with Crippen molar-refractivity contribution < 1.29 is 4.43 Å². The van der Waals surface area contributed by atoms with Crippen molar-refractivity contribution in [2.24, 2.45) is 0 Å². The lowest BCUT2D eigenvalue weighted by molar-refractivity contribution is 0.578. The maximum Gasteiger partial charge on any atom is 0.359 e. The third-order valence-electron chi connectivity index (χ3n) is 0.153. The molecular formula is C3H3OSi. The van der Waals surface area contributed by atoms with E-state index in [-0.39, 0.29) is 0 Å². The highest BCUT2D eigenvalue weighted by Crippen LogP contribution is 1.47. The van der Waals surface area contributed by atoms with E-state index in [2.05, 4.69) is 26.9 Å². The van der Waals surface area contributed by atoms with E-state index in [1.807, 2.05) is 0 Å². The van der Waals surface area contributed by atoms with Gasteiger partial charge in [-0.25, -0.2) is 0 Å². The average Bonchev–Trinajstić information content (AvgIpc) is 1.41. The molecule has 2 heteroatoms. The van der Waals surface area contributed by atoms with Crippen LogP contribution in [0.1, 0.15) is 6.92 Å². The van der Waals surface area contributed by atoms with E-state index in [0.717, 1.165) is 0 Å². The van der Waals surface area contributed by atoms with E-state index in [9.17, 15) is 0 Å². The molecule has 0 amide bonds. The molecule has 0 saturated carbocycles. The second-order valence-electron chi connectivity index (χ2n) is 0.454. The largest absolute Gasteiger partial charge is 0.500 e. The SMILES string of the molecule is CC#CO[Si]. The van der Waals surface area contributed by atoms with Crippen molar-refractivity contribution in [2.45, 2.75) is 6.92 Å². The molecule has 5 heavy (non-hydrogen) atoms. The number of hydrogen-bond acceptors (Lipinski definition) is 1. The van der Waals surface area contributed by atoms with Crippen molar-refractivity contribution in [3.63, 3.8) is 0 Å². The van der Waals surface area contributed by atoms with Crippen molar-refractivity contribution >= 4 is 10.5 Å². The fraction of sp³-hybridized carbons (Fsp3) is 0.333. The van der Waals surface area contributed by atoms with Gasteiger partial charge in [0.1, 0.15) is 0 Å². The molecule has 0 rings (SSSR count). The first kappa shape index (κ1) is 4.58. The second-order valence-corrected chi connectivity index (χ2v) is 0.658. The summed E-state index contributed by atoms with van der Waals surface area (Å²) in [4.78, 5) is 0. The summed E-state index contributed by atoms with van der Waals surface area (Å²) in [5, 5.41) is 0.